The molecule has 70 heavy (non-hydrogen) atoms. The molecule has 2 nitrogen and oxygen atoms in total. The van der Waals surface area contributed by atoms with Crippen molar-refractivity contribution in [2.45, 2.75) is 105 Å². The lowest BCUT2D eigenvalue weighted by molar-refractivity contribution is 0.590. The van der Waals surface area contributed by atoms with Gasteiger partial charge in [-0.15, -0.1) is 11.3 Å². The molecule has 1 aromatic heterocycles. The van der Waals surface area contributed by atoms with E-state index in [1.165, 1.54) is 126 Å². The fourth-order valence-electron chi connectivity index (χ4n) is 11.5. The van der Waals surface area contributed by atoms with E-state index in [4.69, 9.17) is 0 Å². The summed E-state index contributed by atoms with van der Waals surface area (Å²) < 4.78 is 2.72. The average Bonchev–Trinajstić information content (AvgIpc) is 3.71. The van der Waals surface area contributed by atoms with Gasteiger partial charge in [-0.2, -0.15) is 0 Å². The third kappa shape index (κ3) is 6.96. The monoisotopic (exact) mass is 926 g/mol. The van der Waals surface area contributed by atoms with Gasteiger partial charge in [-0.3, -0.25) is 0 Å². The van der Waals surface area contributed by atoms with Crippen molar-refractivity contribution in [1.29, 1.82) is 0 Å². The molecule has 0 aliphatic carbocycles. The van der Waals surface area contributed by atoms with Gasteiger partial charge in [0.15, 0.2) is 0 Å². The van der Waals surface area contributed by atoms with E-state index in [0.29, 0.717) is 0 Å². The first-order chi connectivity index (χ1) is 33.3. The van der Waals surface area contributed by atoms with Crippen LogP contribution in [0, 0.1) is 0 Å². The van der Waals surface area contributed by atoms with E-state index in [-0.39, 0.29) is 28.4 Å². The van der Waals surface area contributed by atoms with Crippen LogP contribution in [0.2, 0.25) is 0 Å². The summed E-state index contributed by atoms with van der Waals surface area (Å²) >= 11 is 1.99. The first kappa shape index (κ1) is 44.6. The predicted octanol–water partition coefficient (Wildman–Crippen LogP) is 17.3. The highest BCUT2D eigenvalue weighted by Crippen LogP contribution is 2.52. The van der Waals surface area contributed by atoms with E-state index in [1.807, 2.05) is 11.3 Å². The average molecular weight is 927 g/mol. The Balaban J connectivity index is 1.19. The maximum Gasteiger partial charge on any atom is 0.264 e. The first-order valence-electron chi connectivity index (χ1n) is 25.3. The van der Waals surface area contributed by atoms with Gasteiger partial charge in [0.2, 0.25) is 0 Å². The molecule has 4 heteroatoms. The molecule has 12 rings (SSSR count). The third-order valence-corrected chi connectivity index (χ3v) is 16.7. The molecule has 0 spiro atoms. The fraction of sp³-hybridized carbons (Fsp3) is 0.242. The number of thiophene rings is 1. The van der Waals surface area contributed by atoms with Gasteiger partial charge < -0.3 is 9.80 Å². The summed E-state index contributed by atoms with van der Waals surface area (Å²) in [4.78, 5) is 5.24. The van der Waals surface area contributed by atoms with Crippen molar-refractivity contribution in [3.63, 3.8) is 0 Å². The Bertz CT molecular complexity index is 3740. The van der Waals surface area contributed by atoms with Crippen LogP contribution in [0.15, 0.2) is 164 Å². The van der Waals surface area contributed by atoms with Gasteiger partial charge in [0.25, 0.3) is 6.71 Å². The molecule has 2 aliphatic heterocycles. The second kappa shape index (κ2) is 15.4. The topological polar surface area (TPSA) is 6.48 Å². The Hall–Kier alpha value is -6.62. The molecule has 0 saturated carbocycles. The van der Waals surface area contributed by atoms with Crippen molar-refractivity contribution in [2.75, 3.05) is 9.80 Å². The lowest BCUT2D eigenvalue weighted by Crippen LogP contribution is -2.60. The van der Waals surface area contributed by atoms with Crippen LogP contribution in [-0.2, 0) is 21.7 Å². The van der Waals surface area contributed by atoms with Gasteiger partial charge >= 0.3 is 0 Å². The molecule has 346 valence electrons. The molecule has 0 N–H and O–H groups in total. The maximum atomic E-state index is 2.68. The van der Waals surface area contributed by atoms with E-state index in [2.05, 4.69) is 257 Å². The van der Waals surface area contributed by atoms with Crippen LogP contribution in [0.4, 0.5) is 34.1 Å². The van der Waals surface area contributed by atoms with Gasteiger partial charge in [-0.1, -0.05) is 186 Å². The van der Waals surface area contributed by atoms with Gasteiger partial charge in [-0.25, -0.2) is 0 Å². The van der Waals surface area contributed by atoms with Crippen LogP contribution in [0.25, 0.3) is 53.5 Å². The lowest BCUT2D eigenvalue weighted by Gasteiger charge is -2.44. The van der Waals surface area contributed by atoms with Crippen LogP contribution >= 0.6 is 11.3 Å². The molecule has 3 heterocycles. The number of nitrogens with zero attached hydrogens (tertiary/aromatic N) is 2. The van der Waals surface area contributed by atoms with Crippen LogP contribution in [0.3, 0.4) is 0 Å². The van der Waals surface area contributed by atoms with Gasteiger partial charge in [0.05, 0.1) is 11.4 Å². The normalized spacial score (nSPS) is 13.9. The quantitative estimate of drug-likeness (QED) is 0.129. The SMILES string of the molecule is CC(C)(C)c1ccc(N2c3ccc(C(C)(C)C)cc3B3c4sc5ccc(C(C)(C)C)cc5c4N(c4ccc(C(C)(C)C)cc4-c4ccc5c6ccccc6c6ccccc6c5c4)c4cccc2c43)cc1. The van der Waals surface area contributed by atoms with E-state index in [1.54, 1.807) is 0 Å². The molecule has 2 aliphatic rings. The predicted molar refractivity (Wildman–Crippen MR) is 309 cm³/mol. The number of rotatable bonds is 3. The van der Waals surface area contributed by atoms with Crippen molar-refractivity contribution in [3.05, 3.63) is 186 Å². The smallest absolute Gasteiger partial charge is 0.264 e. The Kier molecular flexibility index (Phi) is 9.83. The summed E-state index contributed by atoms with van der Waals surface area (Å²) in [5.74, 6) is 0. The molecule has 0 saturated heterocycles. The Morgan fingerprint density at radius 2 is 0.871 bits per heavy atom. The highest BCUT2D eigenvalue weighted by atomic mass is 32.1. The summed E-state index contributed by atoms with van der Waals surface area (Å²) in [6.45, 7) is 28.0. The zero-order chi connectivity index (χ0) is 48.8. The summed E-state index contributed by atoms with van der Waals surface area (Å²) in [6, 6.07) is 63.6. The van der Waals surface area contributed by atoms with Crippen LogP contribution in [-0.4, -0.2) is 6.71 Å². The Morgan fingerprint density at radius 3 is 1.47 bits per heavy atom. The number of anilines is 6. The summed E-state index contributed by atoms with van der Waals surface area (Å²) in [5.41, 5.74) is 17.9. The first-order valence-corrected chi connectivity index (χ1v) is 26.1. The van der Waals surface area contributed by atoms with Crippen molar-refractivity contribution in [3.8, 4) is 11.1 Å². The van der Waals surface area contributed by atoms with Crippen molar-refractivity contribution >= 4 is 110 Å². The molecule has 0 bridgehead atoms. The molecular weight excluding hydrogens is 864 g/mol. The molecule has 0 unspecified atom stereocenters. The standard InChI is InChI=1S/C66H63BN2S/c1-63(2,3)41-25-30-45(31-26-41)68-56-34-28-44(66(10,11)12)39-54(56)67-60-57(68)22-17-23-58(60)69(61-53-38-43(65(7,8)9)29-35-59(53)70-62(61)67)55-33-27-42(64(4,5)6)37-51(55)40-24-32-50-48-20-14-13-18-46(48)47-19-15-16-21-49(47)52(50)36-40/h13-39H,1-12H3. The summed E-state index contributed by atoms with van der Waals surface area (Å²) in [6.07, 6.45) is 0. The fourth-order valence-corrected chi connectivity index (χ4v) is 12.8. The Labute approximate surface area is 419 Å². The summed E-state index contributed by atoms with van der Waals surface area (Å²) in [7, 11) is 0. The number of hydrogen-bond acceptors (Lipinski definition) is 3. The van der Waals surface area contributed by atoms with Crippen LogP contribution in [0.1, 0.15) is 105 Å². The molecule has 0 atom stereocenters. The van der Waals surface area contributed by atoms with E-state index >= 15 is 0 Å². The van der Waals surface area contributed by atoms with Crippen LogP contribution < -0.4 is 25.5 Å². The minimum atomic E-state index is -0.0642. The number of hydrogen-bond donors (Lipinski definition) is 0. The maximum absolute atomic E-state index is 2.68. The highest BCUT2D eigenvalue weighted by Gasteiger charge is 2.46. The van der Waals surface area contributed by atoms with Gasteiger partial charge in [-0.05, 0) is 153 Å². The molecule has 9 aromatic carbocycles. The Morgan fingerprint density at radius 1 is 0.371 bits per heavy atom. The molecule has 0 fully saturated rings. The van der Waals surface area contributed by atoms with Crippen molar-refractivity contribution < 1.29 is 0 Å². The lowest BCUT2D eigenvalue weighted by atomic mass is 9.36. The summed E-state index contributed by atoms with van der Waals surface area (Å²) in [5, 5.41) is 9.06. The second-order valence-corrected chi connectivity index (χ2v) is 25.3. The zero-order valence-electron chi connectivity index (χ0n) is 43.0. The number of fused-ring (bicyclic) bond motifs is 12. The molecule has 0 radical (unpaired) electrons. The van der Waals surface area contributed by atoms with Crippen molar-refractivity contribution in [2.24, 2.45) is 0 Å². The molecule has 0 amide bonds. The van der Waals surface area contributed by atoms with Crippen LogP contribution in [0.5, 0.6) is 0 Å². The number of benzene rings is 9. The molecule has 10 aromatic rings. The highest BCUT2D eigenvalue weighted by molar-refractivity contribution is 7.33. The zero-order valence-corrected chi connectivity index (χ0v) is 43.8. The van der Waals surface area contributed by atoms with Gasteiger partial charge in [0.1, 0.15) is 0 Å². The minimum Gasteiger partial charge on any atom is -0.311 e. The van der Waals surface area contributed by atoms with E-state index in [9.17, 15) is 0 Å². The van der Waals surface area contributed by atoms with Gasteiger partial charge in [0, 0.05) is 43.2 Å². The largest absolute Gasteiger partial charge is 0.311 e. The third-order valence-electron chi connectivity index (χ3n) is 15.5. The van der Waals surface area contributed by atoms with Crippen molar-refractivity contribution in [1.82, 2.24) is 0 Å². The minimum absolute atomic E-state index is 0.0206. The second-order valence-electron chi connectivity index (χ2n) is 24.2. The molecular formula is C66H63BN2S. The van der Waals surface area contributed by atoms with E-state index in [0.717, 1.165) is 0 Å². The van der Waals surface area contributed by atoms with E-state index < -0.39 is 0 Å².